The Balaban J connectivity index is 1.85. The third-order valence-electron chi connectivity index (χ3n) is 4.17. The predicted octanol–water partition coefficient (Wildman–Crippen LogP) is 1.52. The zero-order valence-electron chi connectivity index (χ0n) is 9.46. The largest absolute Gasteiger partial charge is 0.300 e. The van der Waals surface area contributed by atoms with Crippen LogP contribution in [0.25, 0.3) is 0 Å². The van der Waals surface area contributed by atoms with Gasteiger partial charge in [-0.3, -0.25) is 0 Å². The summed E-state index contributed by atoms with van der Waals surface area (Å²) >= 11 is 5.17. The Morgan fingerprint density at radius 1 is 1.25 bits per heavy atom. The molecular formula is C10H17N5S. The van der Waals surface area contributed by atoms with Crippen molar-refractivity contribution in [1.29, 1.82) is 0 Å². The van der Waals surface area contributed by atoms with Gasteiger partial charge in [0.25, 0.3) is 0 Å². The van der Waals surface area contributed by atoms with Gasteiger partial charge < -0.3 is 4.90 Å². The maximum Gasteiger partial charge on any atom is 0.238 e. The van der Waals surface area contributed by atoms with Crippen molar-refractivity contribution in [3.05, 3.63) is 4.77 Å². The number of hydrogen-bond donors (Lipinski definition) is 1. The van der Waals surface area contributed by atoms with Crippen LogP contribution in [0.2, 0.25) is 0 Å². The van der Waals surface area contributed by atoms with Crippen molar-refractivity contribution in [3.63, 3.8) is 0 Å². The van der Waals surface area contributed by atoms with Gasteiger partial charge >= 0.3 is 0 Å². The third kappa shape index (κ3) is 1.60. The maximum atomic E-state index is 5.17. The van der Waals surface area contributed by atoms with Crippen molar-refractivity contribution in [1.82, 2.24) is 25.1 Å². The molecule has 2 unspecified atom stereocenters. The summed E-state index contributed by atoms with van der Waals surface area (Å²) in [5.41, 5.74) is 0. The second-order valence-electron chi connectivity index (χ2n) is 4.98. The van der Waals surface area contributed by atoms with Gasteiger partial charge in [0.1, 0.15) is 0 Å². The lowest BCUT2D eigenvalue weighted by molar-refractivity contribution is 0.0360. The monoisotopic (exact) mass is 239 g/mol. The summed E-state index contributed by atoms with van der Waals surface area (Å²) in [7, 11) is 2.26. The van der Waals surface area contributed by atoms with Crippen LogP contribution < -0.4 is 0 Å². The van der Waals surface area contributed by atoms with Gasteiger partial charge in [-0.25, -0.2) is 4.68 Å². The van der Waals surface area contributed by atoms with Crippen LogP contribution in [0.15, 0.2) is 0 Å². The first kappa shape index (κ1) is 10.4. The number of nitrogens with zero attached hydrogens (tertiary/aromatic N) is 4. The molecule has 16 heavy (non-hydrogen) atoms. The zero-order chi connectivity index (χ0) is 11.1. The Morgan fingerprint density at radius 2 is 1.94 bits per heavy atom. The molecule has 0 aliphatic carbocycles. The number of nitrogens with one attached hydrogen (secondary N) is 1. The van der Waals surface area contributed by atoms with E-state index in [9.17, 15) is 0 Å². The standard InChI is InChI=1S/C10H17N5S/c1-14-7-3-2-4-8(14)6-9(5-7)15-10(16)11-12-13-15/h7-9H,2-6H2,1H3,(H,11,13,16). The minimum absolute atomic E-state index is 0.467. The Kier molecular flexibility index (Phi) is 2.55. The molecule has 0 saturated carbocycles. The molecule has 0 spiro atoms. The molecule has 5 nitrogen and oxygen atoms in total. The fraction of sp³-hybridized carbons (Fsp3) is 0.900. The van der Waals surface area contributed by atoms with E-state index in [0.717, 1.165) is 0 Å². The van der Waals surface area contributed by atoms with E-state index in [-0.39, 0.29) is 0 Å². The first-order valence-corrected chi connectivity index (χ1v) is 6.38. The van der Waals surface area contributed by atoms with E-state index in [0.29, 0.717) is 22.9 Å². The molecular weight excluding hydrogens is 222 g/mol. The van der Waals surface area contributed by atoms with Gasteiger partial charge in [-0.2, -0.15) is 5.21 Å². The van der Waals surface area contributed by atoms with E-state index in [1.807, 2.05) is 4.68 Å². The number of aromatic nitrogens is 4. The van der Waals surface area contributed by atoms with Gasteiger partial charge in [-0.15, -0.1) is 0 Å². The molecule has 3 heterocycles. The highest BCUT2D eigenvalue weighted by Crippen LogP contribution is 2.37. The highest BCUT2D eigenvalue weighted by molar-refractivity contribution is 7.71. The molecule has 6 heteroatoms. The summed E-state index contributed by atoms with van der Waals surface area (Å²) in [6.07, 6.45) is 6.35. The molecule has 0 aromatic carbocycles. The van der Waals surface area contributed by atoms with Gasteiger partial charge in [-0.1, -0.05) is 16.7 Å². The van der Waals surface area contributed by atoms with E-state index < -0.39 is 0 Å². The molecule has 0 amide bonds. The molecule has 2 saturated heterocycles. The summed E-state index contributed by atoms with van der Waals surface area (Å²) in [5.74, 6) is 0. The maximum absolute atomic E-state index is 5.17. The van der Waals surface area contributed by atoms with Crippen LogP contribution in [0.5, 0.6) is 0 Å². The number of H-pyrrole nitrogens is 1. The van der Waals surface area contributed by atoms with Gasteiger partial charge in [0.05, 0.1) is 6.04 Å². The molecule has 2 aliphatic rings. The highest BCUT2D eigenvalue weighted by Gasteiger charge is 2.37. The summed E-state index contributed by atoms with van der Waals surface area (Å²) in [6.45, 7) is 0. The van der Waals surface area contributed by atoms with Crippen molar-refractivity contribution < 1.29 is 0 Å². The van der Waals surface area contributed by atoms with E-state index in [1.165, 1.54) is 32.1 Å². The third-order valence-corrected chi connectivity index (χ3v) is 4.45. The van der Waals surface area contributed by atoms with Crippen molar-refractivity contribution in [3.8, 4) is 0 Å². The molecule has 3 rings (SSSR count). The molecule has 2 aliphatic heterocycles. The van der Waals surface area contributed by atoms with E-state index in [2.05, 4.69) is 27.5 Å². The Hall–Kier alpha value is -0.750. The first-order valence-electron chi connectivity index (χ1n) is 5.97. The lowest BCUT2D eigenvalue weighted by Gasteiger charge is -2.46. The molecule has 2 bridgehead atoms. The van der Waals surface area contributed by atoms with Crippen LogP contribution >= 0.6 is 12.2 Å². The Labute approximate surface area is 99.8 Å². The number of fused-ring (bicyclic) bond motifs is 2. The van der Waals surface area contributed by atoms with Crippen LogP contribution in [0, 0.1) is 4.77 Å². The van der Waals surface area contributed by atoms with Crippen molar-refractivity contribution >= 4 is 12.2 Å². The molecule has 88 valence electrons. The van der Waals surface area contributed by atoms with E-state index in [1.54, 1.807) is 0 Å². The number of aromatic amines is 1. The summed E-state index contributed by atoms with van der Waals surface area (Å²) in [5, 5.41) is 10.6. The van der Waals surface area contributed by atoms with Crippen molar-refractivity contribution in [2.24, 2.45) is 0 Å². The smallest absolute Gasteiger partial charge is 0.238 e. The normalized spacial score (nSPS) is 35.2. The van der Waals surface area contributed by atoms with E-state index in [4.69, 9.17) is 12.2 Å². The number of rotatable bonds is 1. The SMILES string of the molecule is CN1C2CCCC1CC(n1[nH]nnc1=S)C2. The molecule has 2 atom stereocenters. The average Bonchev–Trinajstić information content (AvgIpc) is 2.64. The van der Waals surface area contributed by atoms with Gasteiger partial charge in [0.2, 0.25) is 4.77 Å². The van der Waals surface area contributed by atoms with Crippen LogP contribution in [0.3, 0.4) is 0 Å². The highest BCUT2D eigenvalue weighted by atomic mass is 32.1. The average molecular weight is 239 g/mol. The van der Waals surface area contributed by atoms with Crippen LogP contribution in [0.1, 0.15) is 38.1 Å². The number of piperidine rings is 2. The van der Waals surface area contributed by atoms with Gasteiger partial charge in [0, 0.05) is 12.1 Å². The molecule has 2 fully saturated rings. The second kappa shape index (κ2) is 3.92. The molecule has 0 radical (unpaired) electrons. The number of tetrazole rings is 1. The fourth-order valence-corrected chi connectivity index (χ4v) is 3.47. The van der Waals surface area contributed by atoms with Gasteiger partial charge in [0.15, 0.2) is 0 Å². The summed E-state index contributed by atoms with van der Waals surface area (Å²) in [6, 6.07) is 1.89. The second-order valence-corrected chi connectivity index (χ2v) is 5.35. The van der Waals surface area contributed by atoms with Crippen molar-refractivity contribution in [2.45, 2.75) is 50.2 Å². The molecule has 1 aromatic rings. The minimum atomic E-state index is 0.467. The molecule has 1 aromatic heterocycles. The topological polar surface area (TPSA) is 49.7 Å². The van der Waals surface area contributed by atoms with Crippen LogP contribution in [-0.4, -0.2) is 44.2 Å². The van der Waals surface area contributed by atoms with Crippen LogP contribution in [0.4, 0.5) is 0 Å². The quantitative estimate of drug-likeness (QED) is 0.755. The predicted molar refractivity (Wildman–Crippen MR) is 62.7 cm³/mol. The Bertz CT molecular complexity index is 411. The lowest BCUT2D eigenvalue weighted by Crippen LogP contribution is -2.50. The fourth-order valence-electron chi connectivity index (χ4n) is 3.24. The van der Waals surface area contributed by atoms with E-state index >= 15 is 0 Å². The van der Waals surface area contributed by atoms with Crippen molar-refractivity contribution in [2.75, 3.05) is 7.05 Å². The Morgan fingerprint density at radius 3 is 2.50 bits per heavy atom. The zero-order valence-corrected chi connectivity index (χ0v) is 10.3. The van der Waals surface area contributed by atoms with Crippen LogP contribution in [-0.2, 0) is 0 Å². The van der Waals surface area contributed by atoms with Gasteiger partial charge in [-0.05, 0) is 44.9 Å². The first-order chi connectivity index (χ1) is 7.75. The summed E-state index contributed by atoms with van der Waals surface area (Å²) in [4.78, 5) is 2.55. The summed E-state index contributed by atoms with van der Waals surface area (Å²) < 4.78 is 2.56. The minimum Gasteiger partial charge on any atom is -0.300 e. The lowest BCUT2D eigenvalue weighted by atomic mass is 9.82. The number of hydrogen-bond acceptors (Lipinski definition) is 4. The molecule has 1 N–H and O–H groups in total.